The molecule has 0 bridgehead atoms. The zero-order valence-electron chi connectivity index (χ0n) is 21.2. The number of fused-ring (bicyclic) bond motifs is 1. The predicted molar refractivity (Wildman–Crippen MR) is 140 cm³/mol. The third-order valence-electron chi connectivity index (χ3n) is 7.60. The number of carbonyl (C=O) groups is 2. The van der Waals surface area contributed by atoms with Gasteiger partial charge in [-0.25, -0.2) is 0 Å². The highest BCUT2D eigenvalue weighted by molar-refractivity contribution is 5.96. The number of benzene rings is 2. The average molecular weight is 477 g/mol. The minimum Gasteiger partial charge on any atom is -0.491 e. The van der Waals surface area contributed by atoms with E-state index in [1.54, 1.807) is 4.90 Å². The first kappa shape index (κ1) is 25.3. The fraction of sp³-hybridized carbons (Fsp3) is 0.533. The Morgan fingerprint density at radius 3 is 2.43 bits per heavy atom. The molecule has 1 aliphatic heterocycles. The summed E-state index contributed by atoms with van der Waals surface area (Å²) in [6.45, 7) is 1.82. The predicted octanol–water partition coefficient (Wildman–Crippen LogP) is 5.73. The summed E-state index contributed by atoms with van der Waals surface area (Å²) >= 11 is 0. The zero-order chi connectivity index (χ0) is 24.5. The van der Waals surface area contributed by atoms with Crippen LogP contribution in [-0.4, -0.2) is 54.4 Å². The minimum atomic E-state index is -0.0740. The molecule has 1 heterocycles. The molecule has 5 heteroatoms. The van der Waals surface area contributed by atoms with E-state index in [-0.39, 0.29) is 17.9 Å². The molecule has 2 amide bonds. The Morgan fingerprint density at radius 1 is 0.914 bits per heavy atom. The van der Waals surface area contributed by atoms with Gasteiger partial charge in [0.2, 0.25) is 5.91 Å². The molecular formula is C30H40N2O3. The van der Waals surface area contributed by atoms with E-state index in [1.165, 1.54) is 31.2 Å². The molecule has 0 N–H and O–H groups in total. The zero-order valence-corrected chi connectivity index (χ0v) is 21.2. The number of ether oxygens (including phenoxy) is 1. The maximum atomic E-state index is 13.6. The summed E-state index contributed by atoms with van der Waals surface area (Å²) in [5, 5.41) is 0. The van der Waals surface area contributed by atoms with Crippen LogP contribution in [0.15, 0.2) is 54.6 Å². The Bertz CT molecular complexity index is 955. The second-order valence-corrected chi connectivity index (χ2v) is 10.2. The summed E-state index contributed by atoms with van der Waals surface area (Å²) < 4.78 is 6.32. The standard InChI is InChI=1S/C30H40N2O3/c1-31-20-10-3-11-21-32(29(33)19-18-24-12-6-7-13-24)26(22-25-14-4-2-5-15-25)23-35-28-17-9-8-16-27(28)30(31)34/h2,4-5,8-9,14-17,24,26H,3,6-7,10-13,18-23H2,1H3/t26-/m1/s1. The lowest BCUT2D eigenvalue weighted by molar-refractivity contribution is -0.134. The fourth-order valence-electron chi connectivity index (χ4n) is 5.50. The van der Waals surface area contributed by atoms with Gasteiger partial charge >= 0.3 is 0 Å². The van der Waals surface area contributed by atoms with Gasteiger partial charge in [0.1, 0.15) is 12.4 Å². The van der Waals surface area contributed by atoms with Gasteiger partial charge in [0.25, 0.3) is 5.91 Å². The van der Waals surface area contributed by atoms with Crippen molar-refractivity contribution in [1.29, 1.82) is 0 Å². The molecule has 1 atom stereocenters. The Hall–Kier alpha value is -2.82. The maximum absolute atomic E-state index is 13.6. The van der Waals surface area contributed by atoms with E-state index < -0.39 is 0 Å². The molecule has 0 unspecified atom stereocenters. The molecule has 188 valence electrons. The van der Waals surface area contributed by atoms with Gasteiger partial charge in [-0.15, -0.1) is 0 Å². The molecule has 0 aromatic heterocycles. The van der Waals surface area contributed by atoms with Crippen LogP contribution < -0.4 is 4.74 Å². The topological polar surface area (TPSA) is 49.9 Å². The van der Waals surface area contributed by atoms with E-state index in [1.807, 2.05) is 49.5 Å². The SMILES string of the molecule is CN1CCCCCN(C(=O)CCC2CCCC2)[C@H](Cc2ccccc2)COc2ccccc2C1=O. The summed E-state index contributed by atoms with van der Waals surface area (Å²) in [5.41, 5.74) is 1.79. The third kappa shape index (κ3) is 7.09. The molecule has 2 aromatic rings. The van der Waals surface area contributed by atoms with Gasteiger partial charge in [0.15, 0.2) is 0 Å². The summed E-state index contributed by atoms with van der Waals surface area (Å²) in [7, 11) is 1.86. The van der Waals surface area contributed by atoms with Gasteiger partial charge in [0.05, 0.1) is 11.6 Å². The van der Waals surface area contributed by atoms with E-state index in [0.717, 1.165) is 38.6 Å². The number of rotatable bonds is 5. The monoisotopic (exact) mass is 476 g/mol. The lowest BCUT2D eigenvalue weighted by atomic mass is 10.00. The molecule has 1 saturated carbocycles. The van der Waals surface area contributed by atoms with E-state index >= 15 is 0 Å². The van der Waals surface area contributed by atoms with Crippen LogP contribution in [0.25, 0.3) is 0 Å². The first-order valence-electron chi connectivity index (χ1n) is 13.4. The molecule has 2 aromatic carbocycles. The number of para-hydroxylation sites is 1. The van der Waals surface area contributed by atoms with Crippen LogP contribution in [0.3, 0.4) is 0 Å². The highest BCUT2D eigenvalue weighted by atomic mass is 16.5. The third-order valence-corrected chi connectivity index (χ3v) is 7.60. The van der Waals surface area contributed by atoms with Crippen LogP contribution in [0.5, 0.6) is 5.75 Å². The highest BCUT2D eigenvalue weighted by Crippen LogP contribution is 2.29. The first-order chi connectivity index (χ1) is 17.1. The van der Waals surface area contributed by atoms with Crippen molar-refractivity contribution in [2.45, 2.75) is 70.3 Å². The van der Waals surface area contributed by atoms with Crippen molar-refractivity contribution >= 4 is 11.8 Å². The van der Waals surface area contributed by atoms with E-state index in [2.05, 4.69) is 17.0 Å². The number of hydrogen-bond donors (Lipinski definition) is 0. The van der Waals surface area contributed by atoms with Crippen molar-refractivity contribution < 1.29 is 14.3 Å². The van der Waals surface area contributed by atoms with Crippen LogP contribution in [0.2, 0.25) is 0 Å². The van der Waals surface area contributed by atoms with Crippen molar-refractivity contribution in [2.75, 3.05) is 26.7 Å². The molecule has 5 nitrogen and oxygen atoms in total. The maximum Gasteiger partial charge on any atom is 0.257 e. The van der Waals surface area contributed by atoms with Crippen LogP contribution >= 0.6 is 0 Å². The van der Waals surface area contributed by atoms with E-state index in [0.29, 0.717) is 36.8 Å². The van der Waals surface area contributed by atoms with Crippen molar-refractivity contribution in [1.82, 2.24) is 9.80 Å². The molecule has 1 fully saturated rings. The molecular weight excluding hydrogens is 436 g/mol. The average Bonchev–Trinajstić information content (AvgIpc) is 3.41. The number of hydrogen-bond acceptors (Lipinski definition) is 3. The molecule has 0 spiro atoms. The van der Waals surface area contributed by atoms with Crippen LogP contribution in [-0.2, 0) is 11.2 Å². The second kappa shape index (κ2) is 12.8. The number of amides is 2. The Morgan fingerprint density at radius 2 is 1.63 bits per heavy atom. The quantitative estimate of drug-likeness (QED) is 0.554. The second-order valence-electron chi connectivity index (χ2n) is 10.2. The largest absolute Gasteiger partial charge is 0.491 e. The van der Waals surface area contributed by atoms with Gasteiger partial charge in [0, 0.05) is 26.6 Å². The Kier molecular flexibility index (Phi) is 9.21. The van der Waals surface area contributed by atoms with Crippen LogP contribution in [0.1, 0.15) is 73.7 Å². The number of carbonyl (C=O) groups excluding carboxylic acids is 2. The fourth-order valence-corrected chi connectivity index (χ4v) is 5.50. The Labute approximate surface area is 210 Å². The molecule has 2 aliphatic rings. The van der Waals surface area contributed by atoms with Crippen LogP contribution in [0, 0.1) is 5.92 Å². The molecule has 4 rings (SSSR count). The summed E-state index contributed by atoms with van der Waals surface area (Å²) in [4.78, 5) is 30.5. The summed E-state index contributed by atoms with van der Waals surface area (Å²) in [5.74, 6) is 1.54. The van der Waals surface area contributed by atoms with Crippen molar-refractivity contribution in [3.63, 3.8) is 0 Å². The van der Waals surface area contributed by atoms with Gasteiger partial charge in [-0.3, -0.25) is 9.59 Å². The number of nitrogens with zero attached hydrogens (tertiary/aromatic N) is 2. The first-order valence-corrected chi connectivity index (χ1v) is 13.4. The smallest absolute Gasteiger partial charge is 0.257 e. The lowest BCUT2D eigenvalue weighted by Crippen LogP contribution is -2.45. The molecule has 0 radical (unpaired) electrons. The molecule has 0 saturated heterocycles. The summed E-state index contributed by atoms with van der Waals surface area (Å²) in [6, 6.07) is 17.8. The van der Waals surface area contributed by atoms with Gasteiger partial charge in [-0.2, -0.15) is 0 Å². The lowest BCUT2D eigenvalue weighted by Gasteiger charge is -2.33. The highest BCUT2D eigenvalue weighted by Gasteiger charge is 2.27. The normalized spacial score (nSPS) is 20.4. The van der Waals surface area contributed by atoms with Crippen LogP contribution in [0.4, 0.5) is 0 Å². The Balaban J connectivity index is 1.57. The van der Waals surface area contributed by atoms with Gasteiger partial charge in [-0.05, 0) is 55.7 Å². The van der Waals surface area contributed by atoms with E-state index in [4.69, 9.17) is 4.74 Å². The molecule has 1 aliphatic carbocycles. The van der Waals surface area contributed by atoms with E-state index in [9.17, 15) is 9.59 Å². The van der Waals surface area contributed by atoms with Crippen molar-refractivity contribution in [3.05, 3.63) is 65.7 Å². The van der Waals surface area contributed by atoms with Gasteiger partial charge < -0.3 is 14.5 Å². The van der Waals surface area contributed by atoms with Crippen molar-refractivity contribution in [2.24, 2.45) is 5.92 Å². The van der Waals surface area contributed by atoms with Gasteiger partial charge in [-0.1, -0.05) is 68.1 Å². The minimum absolute atomic E-state index is 0.0102. The molecule has 35 heavy (non-hydrogen) atoms. The van der Waals surface area contributed by atoms with Crippen molar-refractivity contribution in [3.8, 4) is 5.75 Å². The summed E-state index contributed by atoms with van der Waals surface area (Å²) in [6.07, 6.45) is 10.4.